The van der Waals surface area contributed by atoms with Crippen molar-refractivity contribution in [2.45, 2.75) is 24.3 Å². The number of halogens is 1. The minimum Gasteiger partial charge on any atom is -0.503 e. The second-order valence-corrected chi connectivity index (χ2v) is 8.45. The molecule has 0 amide bonds. The number of methoxy groups -OCH3 is 1. The molecule has 0 unspecified atom stereocenters. The summed E-state index contributed by atoms with van der Waals surface area (Å²) in [6, 6.07) is 9.73. The van der Waals surface area contributed by atoms with Gasteiger partial charge < -0.3 is 14.7 Å². The molecule has 0 spiro atoms. The molecule has 1 aromatic heterocycles. The van der Waals surface area contributed by atoms with Gasteiger partial charge in [-0.3, -0.25) is 9.98 Å². The van der Waals surface area contributed by atoms with Crippen LogP contribution in [0.4, 0.5) is 0 Å². The zero-order chi connectivity index (χ0) is 17.6. The van der Waals surface area contributed by atoms with Gasteiger partial charge in [-0.05, 0) is 45.8 Å². The zero-order valence-electron chi connectivity index (χ0n) is 13.9. The Morgan fingerprint density at radius 1 is 1.36 bits per heavy atom. The first-order valence-electron chi connectivity index (χ1n) is 8.07. The van der Waals surface area contributed by atoms with Crippen LogP contribution in [0.3, 0.4) is 0 Å². The number of phenolic OH excluding ortho intramolecular Hbond substituents is 1. The van der Waals surface area contributed by atoms with E-state index in [0.717, 1.165) is 23.0 Å². The Balaban J connectivity index is 1.81. The zero-order valence-corrected chi connectivity index (χ0v) is 16.3. The first kappa shape index (κ1) is 16.7. The van der Waals surface area contributed by atoms with E-state index in [4.69, 9.17) is 9.73 Å². The number of aromatic hydroxyl groups is 1. The van der Waals surface area contributed by atoms with Crippen LogP contribution in [0.5, 0.6) is 11.5 Å². The normalized spacial score (nSPS) is 25.0. The lowest BCUT2D eigenvalue weighted by molar-refractivity contribution is 0.318. The molecule has 3 atom stereocenters. The summed E-state index contributed by atoms with van der Waals surface area (Å²) in [6.45, 7) is 3.16. The lowest BCUT2D eigenvalue weighted by Gasteiger charge is -2.28. The predicted octanol–water partition coefficient (Wildman–Crippen LogP) is 4.15. The van der Waals surface area contributed by atoms with Crippen molar-refractivity contribution >= 4 is 32.9 Å². The number of aliphatic imine (C=N–C) groups is 1. The third kappa shape index (κ3) is 2.89. The van der Waals surface area contributed by atoms with E-state index in [9.17, 15) is 5.11 Å². The SMILES string of the molecule is COc1cc([C@H]2[C@@H](c3ccccn3)N=C3S[C@@H](C)CN32)cc(Br)c1O. The van der Waals surface area contributed by atoms with Crippen molar-refractivity contribution in [3.05, 3.63) is 52.3 Å². The molecule has 2 aliphatic rings. The monoisotopic (exact) mass is 419 g/mol. The summed E-state index contributed by atoms with van der Waals surface area (Å²) in [5.41, 5.74) is 2.00. The molecular weight excluding hydrogens is 402 g/mol. The molecular formula is C18H18BrN3O2S. The van der Waals surface area contributed by atoms with Gasteiger partial charge >= 0.3 is 0 Å². The van der Waals surface area contributed by atoms with Crippen molar-refractivity contribution < 1.29 is 9.84 Å². The summed E-state index contributed by atoms with van der Waals surface area (Å²) in [7, 11) is 1.56. The molecule has 1 aromatic carbocycles. The maximum Gasteiger partial charge on any atom is 0.172 e. The van der Waals surface area contributed by atoms with Crippen LogP contribution in [0.15, 0.2) is 46.0 Å². The lowest BCUT2D eigenvalue weighted by Crippen LogP contribution is -2.28. The van der Waals surface area contributed by atoms with E-state index >= 15 is 0 Å². The van der Waals surface area contributed by atoms with E-state index in [-0.39, 0.29) is 17.8 Å². The fraction of sp³-hybridized carbons (Fsp3) is 0.333. The molecule has 1 N–H and O–H groups in total. The predicted molar refractivity (Wildman–Crippen MR) is 103 cm³/mol. The first-order chi connectivity index (χ1) is 12.1. The minimum absolute atomic E-state index is 0.0353. The van der Waals surface area contributed by atoms with Crippen molar-refractivity contribution in [3.8, 4) is 11.5 Å². The van der Waals surface area contributed by atoms with Gasteiger partial charge in [-0.2, -0.15) is 0 Å². The summed E-state index contributed by atoms with van der Waals surface area (Å²) in [6.07, 6.45) is 1.80. The Bertz CT molecular complexity index is 831. The van der Waals surface area contributed by atoms with E-state index < -0.39 is 0 Å². The van der Waals surface area contributed by atoms with Gasteiger partial charge in [-0.15, -0.1) is 0 Å². The number of benzene rings is 1. The molecule has 0 radical (unpaired) electrons. The minimum atomic E-state index is -0.0719. The van der Waals surface area contributed by atoms with Gasteiger partial charge in [0.15, 0.2) is 16.7 Å². The molecule has 3 heterocycles. The number of phenols is 1. The Morgan fingerprint density at radius 2 is 2.20 bits per heavy atom. The van der Waals surface area contributed by atoms with Crippen LogP contribution in [-0.2, 0) is 0 Å². The highest BCUT2D eigenvalue weighted by Gasteiger charge is 2.43. The largest absolute Gasteiger partial charge is 0.503 e. The average Bonchev–Trinajstić information content (AvgIpc) is 3.14. The molecule has 2 aromatic rings. The van der Waals surface area contributed by atoms with Crippen molar-refractivity contribution in [2.75, 3.05) is 13.7 Å². The van der Waals surface area contributed by atoms with Crippen molar-refractivity contribution in [1.29, 1.82) is 0 Å². The molecule has 4 rings (SSSR count). The topological polar surface area (TPSA) is 58.0 Å². The quantitative estimate of drug-likeness (QED) is 0.809. The first-order valence-corrected chi connectivity index (χ1v) is 9.74. The molecule has 1 saturated heterocycles. The summed E-state index contributed by atoms with van der Waals surface area (Å²) in [4.78, 5) is 11.8. The maximum atomic E-state index is 10.1. The molecule has 0 aliphatic carbocycles. The molecule has 5 nitrogen and oxygen atoms in total. The standard InChI is InChI=1S/C18H18BrN3O2S/c1-10-9-22-16(11-7-12(19)17(23)14(8-11)24-2)15(21-18(22)25-10)13-5-3-4-6-20-13/h3-8,10,15-16,23H,9H2,1-2H3/t10-,15+,16-/m0/s1. The molecule has 2 aliphatic heterocycles. The van der Waals surface area contributed by atoms with Crippen molar-refractivity contribution in [1.82, 2.24) is 9.88 Å². The lowest BCUT2D eigenvalue weighted by atomic mass is 9.96. The van der Waals surface area contributed by atoms with Gasteiger partial charge in [0.25, 0.3) is 0 Å². The number of aromatic nitrogens is 1. The van der Waals surface area contributed by atoms with Crippen LogP contribution in [0.25, 0.3) is 0 Å². The number of hydrogen-bond acceptors (Lipinski definition) is 6. The van der Waals surface area contributed by atoms with E-state index in [1.807, 2.05) is 30.3 Å². The number of hydrogen-bond donors (Lipinski definition) is 1. The van der Waals surface area contributed by atoms with Gasteiger partial charge in [0.2, 0.25) is 0 Å². The summed E-state index contributed by atoms with van der Waals surface area (Å²) in [5.74, 6) is 0.571. The summed E-state index contributed by atoms with van der Waals surface area (Å²) >= 11 is 5.24. The number of pyridine rings is 1. The molecule has 25 heavy (non-hydrogen) atoms. The van der Waals surface area contributed by atoms with Crippen LogP contribution < -0.4 is 4.74 Å². The van der Waals surface area contributed by atoms with Crippen molar-refractivity contribution in [2.24, 2.45) is 4.99 Å². The third-order valence-corrected chi connectivity index (χ3v) is 6.20. The van der Waals surface area contributed by atoms with Crippen LogP contribution >= 0.6 is 27.7 Å². The summed E-state index contributed by atoms with van der Waals surface area (Å²) < 4.78 is 5.96. The molecule has 1 fully saturated rings. The number of ether oxygens (including phenoxy) is 1. The van der Waals surface area contributed by atoms with E-state index in [2.05, 4.69) is 32.7 Å². The summed E-state index contributed by atoms with van der Waals surface area (Å²) in [5, 5.41) is 11.7. The maximum absolute atomic E-state index is 10.1. The Hall–Kier alpha value is -1.73. The van der Waals surface area contributed by atoms with E-state index in [0.29, 0.717) is 15.5 Å². The smallest absolute Gasteiger partial charge is 0.172 e. The highest BCUT2D eigenvalue weighted by Crippen LogP contribution is 2.49. The van der Waals surface area contributed by atoms with Crippen LogP contribution in [-0.4, -0.2) is 39.1 Å². The Labute approximate surface area is 159 Å². The highest BCUT2D eigenvalue weighted by atomic mass is 79.9. The van der Waals surface area contributed by atoms with E-state index in [1.165, 1.54) is 0 Å². The van der Waals surface area contributed by atoms with Gasteiger partial charge in [-0.1, -0.05) is 24.8 Å². The van der Waals surface area contributed by atoms with E-state index in [1.54, 1.807) is 25.1 Å². The van der Waals surface area contributed by atoms with Crippen molar-refractivity contribution in [3.63, 3.8) is 0 Å². The fourth-order valence-corrected chi connectivity index (χ4v) is 4.95. The number of rotatable bonds is 3. The Kier molecular flexibility index (Phi) is 4.37. The molecule has 130 valence electrons. The number of amidine groups is 1. The van der Waals surface area contributed by atoms with Gasteiger partial charge in [-0.25, -0.2) is 0 Å². The molecule has 7 heteroatoms. The number of nitrogens with zero attached hydrogens (tertiary/aromatic N) is 3. The third-order valence-electron chi connectivity index (χ3n) is 4.49. The highest BCUT2D eigenvalue weighted by molar-refractivity contribution is 9.10. The molecule has 0 saturated carbocycles. The number of fused-ring (bicyclic) bond motifs is 1. The van der Waals surface area contributed by atoms with Gasteiger partial charge in [0.1, 0.15) is 6.04 Å². The van der Waals surface area contributed by atoms with Gasteiger partial charge in [0, 0.05) is 18.0 Å². The van der Waals surface area contributed by atoms with Crippen LogP contribution in [0, 0.1) is 0 Å². The second-order valence-electron chi connectivity index (χ2n) is 6.19. The van der Waals surface area contributed by atoms with Crippen LogP contribution in [0.1, 0.15) is 30.3 Å². The molecule has 0 bridgehead atoms. The Morgan fingerprint density at radius 3 is 2.92 bits per heavy atom. The fourth-order valence-electron chi connectivity index (χ4n) is 3.40. The average molecular weight is 420 g/mol. The van der Waals surface area contributed by atoms with Gasteiger partial charge in [0.05, 0.1) is 23.3 Å². The number of thioether (sulfide) groups is 1. The van der Waals surface area contributed by atoms with Crippen LogP contribution in [0.2, 0.25) is 0 Å². The second kappa shape index (κ2) is 6.53.